The molecule has 1 aliphatic heterocycles. The van der Waals surface area contributed by atoms with Gasteiger partial charge in [-0.05, 0) is 38.3 Å². The zero-order chi connectivity index (χ0) is 23.0. The fourth-order valence-electron chi connectivity index (χ4n) is 5.32. The van der Waals surface area contributed by atoms with Crippen molar-refractivity contribution >= 4 is 22.9 Å². The molecule has 3 aromatic rings. The molecule has 7 nitrogen and oxygen atoms in total. The summed E-state index contributed by atoms with van der Waals surface area (Å²) in [5.74, 6) is 0.545. The lowest BCUT2D eigenvalue weighted by atomic mass is 9.91. The van der Waals surface area contributed by atoms with Gasteiger partial charge in [0.15, 0.2) is 5.58 Å². The predicted molar refractivity (Wildman–Crippen MR) is 126 cm³/mol. The summed E-state index contributed by atoms with van der Waals surface area (Å²) in [6.07, 6.45) is 11.5. The predicted octanol–water partition coefficient (Wildman–Crippen LogP) is 4.58. The van der Waals surface area contributed by atoms with Crippen LogP contribution in [0.3, 0.4) is 0 Å². The van der Waals surface area contributed by atoms with E-state index in [9.17, 15) is 9.59 Å². The number of nitrogens with zero attached hydrogens (tertiary/aromatic N) is 3. The van der Waals surface area contributed by atoms with Crippen LogP contribution in [0.25, 0.3) is 11.1 Å². The van der Waals surface area contributed by atoms with Crippen LogP contribution in [0.5, 0.6) is 0 Å². The molecule has 0 saturated heterocycles. The third-order valence-electron chi connectivity index (χ3n) is 7.23. The van der Waals surface area contributed by atoms with E-state index in [0.29, 0.717) is 24.4 Å². The van der Waals surface area contributed by atoms with Crippen molar-refractivity contribution in [1.29, 1.82) is 0 Å². The van der Waals surface area contributed by atoms with Crippen LogP contribution in [0.1, 0.15) is 73.7 Å². The van der Waals surface area contributed by atoms with E-state index >= 15 is 0 Å². The van der Waals surface area contributed by atoms with E-state index in [0.717, 1.165) is 42.5 Å². The summed E-state index contributed by atoms with van der Waals surface area (Å²) >= 11 is 0. The summed E-state index contributed by atoms with van der Waals surface area (Å²) in [7, 11) is 0. The normalized spacial score (nSPS) is 22.1. The third-order valence-corrected chi connectivity index (χ3v) is 7.23. The number of rotatable bonds is 4. The Morgan fingerprint density at radius 3 is 2.70 bits per heavy atom. The number of nitrogens with one attached hydrogen (secondary N) is 1. The van der Waals surface area contributed by atoms with Crippen LogP contribution in [-0.2, 0) is 17.9 Å². The molecule has 0 radical (unpaired) electrons. The van der Waals surface area contributed by atoms with Gasteiger partial charge >= 0.3 is 0 Å². The molecule has 174 valence electrons. The Kier molecular flexibility index (Phi) is 5.72. The van der Waals surface area contributed by atoms with Gasteiger partial charge < -0.3 is 19.2 Å². The lowest BCUT2D eigenvalue weighted by Gasteiger charge is -2.44. The molecule has 0 spiro atoms. The van der Waals surface area contributed by atoms with E-state index < -0.39 is 5.54 Å². The van der Waals surface area contributed by atoms with Crippen LogP contribution in [0.15, 0.2) is 41.1 Å². The maximum Gasteiger partial charge on any atom is 0.271 e. The molecule has 2 amide bonds. The first-order valence-electron chi connectivity index (χ1n) is 12.1. The van der Waals surface area contributed by atoms with Gasteiger partial charge in [0.25, 0.3) is 5.91 Å². The van der Waals surface area contributed by atoms with Crippen LogP contribution < -0.4 is 5.32 Å². The number of pyridine rings is 1. The largest absolute Gasteiger partial charge is 0.460 e. The Labute approximate surface area is 194 Å². The van der Waals surface area contributed by atoms with Gasteiger partial charge in [-0.1, -0.05) is 38.2 Å². The van der Waals surface area contributed by atoms with Crippen LogP contribution >= 0.6 is 0 Å². The second kappa shape index (κ2) is 8.69. The first-order valence-corrected chi connectivity index (χ1v) is 12.1. The minimum Gasteiger partial charge on any atom is -0.460 e. The molecule has 1 atom stereocenters. The number of carbonyl (C=O) groups excluding carboxylic acids is 2. The Morgan fingerprint density at radius 2 is 1.97 bits per heavy atom. The van der Waals surface area contributed by atoms with Crippen LogP contribution in [0.4, 0.5) is 0 Å². The summed E-state index contributed by atoms with van der Waals surface area (Å²) in [5, 5.41) is 3.32. The highest BCUT2D eigenvalue weighted by molar-refractivity contribution is 6.03. The minimum atomic E-state index is -1.03. The molecule has 1 N–H and O–H groups in total. The molecule has 0 unspecified atom stereocenters. The van der Waals surface area contributed by atoms with E-state index in [2.05, 4.69) is 10.3 Å². The molecular formula is C26H32N4O3. The number of aryl methyl sites for hydroxylation is 1. The second-order valence-corrected chi connectivity index (χ2v) is 9.76. The van der Waals surface area contributed by atoms with E-state index in [1.54, 1.807) is 23.4 Å². The van der Waals surface area contributed by atoms with Crippen molar-refractivity contribution in [3.8, 4) is 0 Å². The number of hydrogen-bond donors (Lipinski definition) is 1. The zero-order valence-electron chi connectivity index (χ0n) is 19.5. The monoisotopic (exact) mass is 448 g/mol. The summed E-state index contributed by atoms with van der Waals surface area (Å²) in [5.41, 5.74) is 1.97. The molecule has 0 bridgehead atoms. The quantitative estimate of drug-likeness (QED) is 0.633. The molecule has 1 aliphatic carbocycles. The van der Waals surface area contributed by atoms with Gasteiger partial charge in [0.2, 0.25) is 5.91 Å². The number of hydrogen-bond acceptors (Lipinski definition) is 4. The number of furan rings is 1. The number of aromatic nitrogens is 2. The van der Waals surface area contributed by atoms with Gasteiger partial charge in [-0.15, -0.1) is 0 Å². The van der Waals surface area contributed by atoms with E-state index in [-0.39, 0.29) is 17.9 Å². The van der Waals surface area contributed by atoms with E-state index in [1.165, 1.54) is 19.3 Å². The highest BCUT2D eigenvalue weighted by Gasteiger charge is 2.48. The fraction of sp³-hybridized carbons (Fsp3) is 0.500. The fourth-order valence-corrected chi connectivity index (χ4v) is 5.32. The van der Waals surface area contributed by atoms with Gasteiger partial charge in [-0.25, -0.2) is 0 Å². The molecule has 0 aromatic carbocycles. The maximum absolute atomic E-state index is 13.8. The lowest BCUT2D eigenvalue weighted by Crippen LogP contribution is -2.64. The molecule has 5 rings (SSSR count). The highest BCUT2D eigenvalue weighted by atomic mass is 16.3. The first kappa shape index (κ1) is 21.7. The maximum atomic E-state index is 13.8. The van der Waals surface area contributed by atoms with Crippen molar-refractivity contribution in [3.63, 3.8) is 0 Å². The van der Waals surface area contributed by atoms with Gasteiger partial charge in [0, 0.05) is 37.1 Å². The summed E-state index contributed by atoms with van der Waals surface area (Å²) in [6.45, 7) is 4.50. The molecule has 7 heteroatoms. The molecule has 1 fully saturated rings. The zero-order valence-corrected chi connectivity index (χ0v) is 19.5. The SMILES string of the molecule is Cc1cc2c(cc3n2C[C@](C)(C(=O)NC2CCCCCCC2)N(Cc2cccnc2)C3=O)o1. The van der Waals surface area contributed by atoms with Gasteiger partial charge in [0.05, 0.1) is 12.1 Å². The van der Waals surface area contributed by atoms with Gasteiger partial charge in [-0.2, -0.15) is 0 Å². The first-order chi connectivity index (χ1) is 16.0. The molecule has 3 aromatic heterocycles. The van der Waals surface area contributed by atoms with Crippen LogP contribution in [-0.4, -0.2) is 37.8 Å². The van der Waals surface area contributed by atoms with Crippen molar-refractivity contribution in [1.82, 2.24) is 19.8 Å². The molecule has 1 saturated carbocycles. The molecular weight excluding hydrogens is 416 g/mol. The number of fused-ring (bicyclic) bond motifs is 3. The highest BCUT2D eigenvalue weighted by Crippen LogP contribution is 2.35. The Hall–Kier alpha value is -3.09. The van der Waals surface area contributed by atoms with Crippen LogP contribution in [0.2, 0.25) is 0 Å². The van der Waals surface area contributed by atoms with Crippen molar-refractivity contribution in [3.05, 3.63) is 53.7 Å². The third kappa shape index (κ3) is 4.05. The number of carbonyl (C=O) groups is 2. The summed E-state index contributed by atoms with van der Waals surface area (Å²) < 4.78 is 7.75. The van der Waals surface area contributed by atoms with Gasteiger partial charge in [0.1, 0.15) is 17.0 Å². The smallest absolute Gasteiger partial charge is 0.271 e. The Balaban J connectivity index is 1.50. The average molecular weight is 449 g/mol. The number of amides is 2. The standard InChI is InChI=1S/C26H32N4O3/c1-18-13-21-23(33-18)14-22-24(31)30(16-19-9-8-12-27-15-19)26(2,17-29(21)22)25(32)28-20-10-6-4-3-5-7-11-20/h8-9,12-15,20H,3-7,10-11,16-17H2,1-2H3,(H,28,32)/t26-/m1/s1. The molecule has 2 aliphatic rings. The summed E-state index contributed by atoms with van der Waals surface area (Å²) in [4.78, 5) is 33.5. The second-order valence-electron chi connectivity index (χ2n) is 9.76. The van der Waals surface area contributed by atoms with Crippen LogP contribution in [0, 0.1) is 6.92 Å². The van der Waals surface area contributed by atoms with Crippen molar-refractivity contribution < 1.29 is 14.0 Å². The van der Waals surface area contributed by atoms with Crippen molar-refractivity contribution in [2.24, 2.45) is 0 Å². The van der Waals surface area contributed by atoms with E-state index in [4.69, 9.17) is 4.42 Å². The average Bonchev–Trinajstić information content (AvgIpc) is 3.30. The lowest BCUT2D eigenvalue weighted by molar-refractivity contribution is -0.134. The summed E-state index contributed by atoms with van der Waals surface area (Å²) in [6, 6.07) is 7.69. The molecule has 4 heterocycles. The minimum absolute atomic E-state index is 0.0852. The van der Waals surface area contributed by atoms with E-state index in [1.807, 2.05) is 36.6 Å². The topological polar surface area (TPSA) is 80.4 Å². The van der Waals surface area contributed by atoms with Crippen molar-refractivity contribution in [2.45, 2.75) is 83.5 Å². The Morgan fingerprint density at radius 1 is 1.21 bits per heavy atom. The molecule has 33 heavy (non-hydrogen) atoms. The van der Waals surface area contributed by atoms with Gasteiger partial charge in [-0.3, -0.25) is 14.6 Å². The Bertz CT molecular complexity index is 1160. The van der Waals surface area contributed by atoms with Crippen molar-refractivity contribution in [2.75, 3.05) is 0 Å².